The number of nitrogens with zero attached hydrogens (tertiary/aromatic N) is 2. The standard InChI is InChI=1S/C14H29N3O/c1-3-6-15-8-14(18)11-17-10-13-5-4-7-16(13)9-12(17)2/h12-15,18H,3-11H2,1-2H3. The number of aliphatic hydroxyl groups is 1. The normalized spacial score (nSPS) is 31.5. The molecule has 4 nitrogen and oxygen atoms in total. The number of hydrogen-bond acceptors (Lipinski definition) is 4. The summed E-state index contributed by atoms with van der Waals surface area (Å²) in [6.45, 7) is 10.6. The van der Waals surface area contributed by atoms with E-state index in [9.17, 15) is 5.11 Å². The quantitative estimate of drug-likeness (QED) is 0.679. The zero-order chi connectivity index (χ0) is 13.0. The molecule has 2 aliphatic heterocycles. The highest BCUT2D eigenvalue weighted by Gasteiger charge is 2.34. The molecule has 0 aliphatic carbocycles. The minimum Gasteiger partial charge on any atom is -0.390 e. The van der Waals surface area contributed by atoms with Crippen LogP contribution in [0.25, 0.3) is 0 Å². The average Bonchev–Trinajstić information content (AvgIpc) is 2.77. The molecule has 4 heteroatoms. The van der Waals surface area contributed by atoms with Crippen molar-refractivity contribution in [1.82, 2.24) is 15.1 Å². The molecule has 2 N–H and O–H groups in total. The molecule has 2 rings (SSSR count). The van der Waals surface area contributed by atoms with E-state index < -0.39 is 0 Å². The summed E-state index contributed by atoms with van der Waals surface area (Å²) < 4.78 is 0. The molecule has 2 aliphatic rings. The van der Waals surface area contributed by atoms with Crippen molar-refractivity contribution in [2.75, 3.05) is 39.3 Å². The van der Waals surface area contributed by atoms with Crippen LogP contribution in [0.3, 0.4) is 0 Å². The van der Waals surface area contributed by atoms with Gasteiger partial charge in [-0.1, -0.05) is 6.92 Å². The van der Waals surface area contributed by atoms with Crippen molar-refractivity contribution in [2.24, 2.45) is 0 Å². The molecule has 0 saturated carbocycles. The Bertz CT molecular complexity index is 249. The monoisotopic (exact) mass is 255 g/mol. The van der Waals surface area contributed by atoms with Gasteiger partial charge >= 0.3 is 0 Å². The van der Waals surface area contributed by atoms with Crippen molar-refractivity contribution in [1.29, 1.82) is 0 Å². The largest absolute Gasteiger partial charge is 0.390 e. The first-order valence-electron chi connectivity index (χ1n) is 7.57. The van der Waals surface area contributed by atoms with Gasteiger partial charge < -0.3 is 10.4 Å². The highest BCUT2D eigenvalue weighted by Crippen LogP contribution is 2.24. The molecule has 3 atom stereocenters. The topological polar surface area (TPSA) is 38.7 Å². The Balaban J connectivity index is 1.74. The van der Waals surface area contributed by atoms with Crippen molar-refractivity contribution in [3.05, 3.63) is 0 Å². The fourth-order valence-corrected chi connectivity index (χ4v) is 3.28. The Labute approximate surface area is 111 Å². The van der Waals surface area contributed by atoms with Gasteiger partial charge in [0, 0.05) is 38.3 Å². The lowest BCUT2D eigenvalue weighted by Gasteiger charge is -2.43. The molecule has 3 unspecified atom stereocenters. The molecule has 2 heterocycles. The Morgan fingerprint density at radius 3 is 3.00 bits per heavy atom. The Morgan fingerprint density at radius 1 is 1.39 bits per heavy atom. The maximum Gasteiger partial charge on any atom is 0.0791 e. The van der Waals surface area contributed by atoms with Gasteiger partial charge in [-0.25, -0.2) is 0 Å². The van der Waals surface area contributed by atoms with Gasteiger partial charge in [-0.2, -0.15) is 0 Å². The van der Waals surface area contributed by atoms with Crippen LogP contribution in [0.2, 0.25) is 0 Å². The van der Waals surface area contributed by atoms with E-state index in [4.69, 9.17) is 0 Å². The van der Waals surface area contributed by atoms with Gasteiger partial charge in [0.05, 0.1) is 6.10 Å². The minimum atomic E-state index is -0.230. The predicted molar refractivity (Wildman–Crippen MR) is 74.8 cm³/mol. The lowest BCUT2D eigenvalue weighted by molar-refractivity contribution is 0.0234. The van der Waals surface area contributed by atoms with E-state index in [1.54, 1.807) is 0 Å². The SMILES string of the molecule is CCCNCC(O)CN1CC2CCCN2CC1C. The molecule has 0 bridgehead atoms. The van der Waals surface area contributed by atoms with E-state index in [0.29, 0.717) is 6.04 Å². The van der Waals surface area contributed by atoms with Crippen LogP contribution in [0.1, 0.15) is 33.1 Å². The fourth-order valence-electron chi connectivity index (χ4n) is 3.28. The number of piperazine rings is 1. The third kappa shape index (κ3) is 3.67. The smallest absolute Gasteiger partial charge is 0.0791 e. The Kier molecular flexibility index (Phi) is 5.42. The van der Waals surface area contributed by atoms with Crippen LogP contribution in [-0.2, 0) is 0 Å². The van der Waals surface area contributed by atoms with Crippen LogP contribution in [-0.4, -0.2) is 72.4 Å². The van der Waals surface area contributed by atoms with E-state index in [0.717, 1.165) is 38.6 Å². The molecule has 0 aromatic heterocycles. The lowest BCUT2D eigenvalue weighted by atomic mass is 10.1. The van der Waals surface area contributed by atoms with Crippen LogP contribution in [0.4, 0.5) is 0 Å². The minimum absolute atomic E-state index is 0.230. The van der Waals surface area contributed by atoms with Gasteiger partial charge in [0.15, 0.2) is 0 Å². The summed E-state index contributed by atoms with van der Waals surface area (Å²) in [4.78, 5) is 5.10. The van der Waals surface area contributed by atoms with E-state index >= 15 is 0 Å². The molecule has 0 aromatic rings. The summed E-state index contributed by atoms with van der Waals surface area (Å²) in [5, 5.41) is 13.4. The molecule has 18 heavy (non-hydrogen) atoms. The summed E-state index contributed by atoms with van der Waals surface area (Å²) in [6.07, 6.45) is 3.59. The van der Waals surface area contributed by atoms with Crippen molar-refractivity contribution in [3.63, 3.8) is 0 Å². The highest BCUT2D eigenvalue weighted by atomic mass is 16.3. The Morgan fingerprint density at radius 2 is 2.22 bits per heavy atom. The lowest BCUT2D eigenvalue weighted by Crippen LogP contribution is -2.57. The van der Waals surface area contributed by atoms with Gasteiger partial charge in [-0.3, -0.25) is 9.80 Å². The number of β-amino-alcohol motifs (C(OH)–C–C–N with tert-alkyl or cyclic N) is 1. The first-order valence-corrected chi connectivity index (χ1v) is 7.57. The van der Waals surface area contributed by atoms with Crippen molar-refractivity contribution in [3.8, 4) is 0 Å². The second kappa shape index (κ2) is 6.85. The summed E-state index contributed by atoms with van der Waals surface area (Å²) in [5.74, 6) is 0. The fraction of sp³-hybridized carbons (Fsp3) is 1.00. The van der Waals surface area contributed by atoms with Crippen LogP contribution in [0.15, 0.2) is 0 Å². The first kappa shape index (κ1) is 14.3. The van der Waals surface area contributed by atoms with Crippen LogP contribution < -0.4 is 5.32 Å². The molecule has 0 amide bonds. The third-order valence-electron chi connectivity index (χ3n) is 4.32. The molecule has 0 spiro atoms. The van der Waals surface area contributed by atoms with E-state index in [2.05, 4.69) is 29.0 Å². The summed E-state index contributed by atoms with van der Waals surface area (Å²) in [7, 11) is 0. The van der Waals surface area contributed by atoms with E-state index in [1.807, 2.05) is 0 Å². The highest BCUT2D eigenvalue weighted by molar-refractivity contribution is 4.91. The van der Waals surface area contributed by atoms with Crippen LogP contribution in [0.5, 0.6) is 0 Å². The van der Waals surface area contributed by atoms with Crippen LogP contribution in [0, 0.1) is 0 Å². The van der Waals surface area contributed by atoms with Gasteiger partial charge in [0.1, 0.15) is 0 Å². The molecular formula is C14H29N3O. The maximum absolute atomic E-state index is 10.1. The third-order valence-corrected chi connectivity index (χ3v) is 4.32. The number of aliphatic hydroxyl groups excluding tert-OH is 1. The average molecular weight is 255 g/mol. The van der Waals surface area contributed by atoms with Gasteiger partial charge in [0.25, 0.3) is 0 Å². The first-order chi connectivity index (χ1) is 8.70. The van der Waals surface area contributed by atoms with E-state index in [1.165, 1.54) is 25.9 Å². The molecular weight excluding hydrogens is 226 g/mol. The predicted octanol–water partition coefficient (Wildman–Crippen LogP) is 0.515. The van der Waals surface area contributed by atoms with Gasteiger partial charge in [0.2, 0.25) is 0 Å². The summed E-state index contributed by atoms with van der Waals surface area (Å²) in [6, 6.07) is 1.33. The molecule has 2 saturated heterocycles. The number of fused-ring (bicyclic) bond motifs is 1. The second-order valence-electron chi connectivity index (χ2n) is 5.95. The molecule has 106 valence electrons. The Hall–Kier alpha value is -0.160. The molecule has 2 fully saturated rings. The number of hydrogen-bond donors (Lipinski definition) is 2. The van der Waals surface area contributed by atoms with E-state index in [-0.39, 0.29) is 6.10 Å². The number of rotatable bonds is 6. The zero-order valence-corrected chi connectivity index (χ0v) is 11.9. The van der Waals surface area contributed by atoms with Crippen LogP contribution >= 0.6 is 0 Å². The summed E-state index contributed by atoms with van der Waals surface area (Å²) in [5.41, 5.74) is 0. The van der Waals surface area contributed by atoms with Crippen molar-refractivity contribution >= 4 is 0 Å². The summed E-state index contributed by atoms with van der Waals surface area (Å²) >= 11 is 0. The van der Waals surface area contributed by atoms with Crippen molar-refractivity contribution in [2.45, 2.75) is 51.3 Å². The zero-order valence-electron chi connectivity index (χ0n) is 11.9. The molecule has 0 radical (unpaired) electrons. The van der Waals surface area contributed by atoms with Crippen molar-refractivity contribution < 1.29 is 5.11 Å². The second-order valence-corrected chi connectivity index (χ2v) is 5.95. The maximum atomic E-state index is 10.1. The van der Waals surface area contributed by atoms with Gasteiger partial charge in [-0.15, -0.1) is 0 Å². The van der Waals surface area contributed by atoms with Gasteiger partial charge in [-0.05, 0) is 39.3 Å². The molecule has 0 aromatic carbocycles. The number of nitrogens with one attached hydrogen (secondary N) is 1.